The number of H-pyrrole nitrogens is 1. The van der Waals surface area contributed by atoms with E-state index in [1.54, 1.807) is 15.9 Å². The predicted octanol–water partition coefficient (Wildman–Crippen LogP) is 2.07. The first-order valence-electron chi connectivity index (χ1n) is 10.1. The number of amides is 2. The molecule has 3 heterocycles. The molecule has 3 aromatic rings. The molecule has 2 aliphatic rings. The summed E-state index contributed by atoms with van der Waals surface area (Å²) in [5.74, 6) is 0.519. The molecule has 1 aromatic heterocycles. The van der Waals surface area contributed by atoms with Crippen LogP contribution in [0.3, 0.4) is 0 Å². The van der Waals surface area contributed by atoms with E-state index in [0.717, 1.165) is 16.5 Å². The van der Waals surface area contributed by atoms with Crippen molar-refractivity contribution in [2.75, 3.05) is 39.5 Å². The summed E-state index contributed by atoms with van der Waals surface area (Å²) in [7, 11) is 0. The molecule has 1 fully saturated rings. The fourth-order valence-corrected chi connectivity index (χ4v) is 3.93. The first kappa shape index (κ1) is 18.6. The molecule has 0 aliphatic carbocycles. The Kier molecular flexibility index (Phi) is 4.84. The van der Waals surface area contributed by atoms with Crippen LogP contribution in [0.1, 0.15) is 26.4 Å². The van der Waals surface area contributed by atoms with Gasteiger partial charge in [-0.15, -0.1) is 0 Å². The van der Waals surface area contributed by atoms with Crippen LogP contribution in [-0.2, 0) is 11.3 Å². The maximum absolute atomic E-state index is 13.2. The Morgan fingerprint density at radius 3 is 2.60 bits per heavy atom. The number of hydrogen-bond donors (Lipinski definition) is 1. The van der Waals surface area contributed by atoms with Crippen LogP contribution in [0.4, 0.5) is 0 Å². The molecule has 2 amide bonds. The lowest BCUT2D eigenvalue weighted by atomic mass is 10.1. The van der Waals surface area contributed by atoms with Crippen LogP contribution in [-0.4, -0.2) is 71.3 Å². The second-order valence-corrected chi connectivity index (χ2v) is 7.42. The quantitative estimate of drug-likeness (QED) is 0.704. The molecule has 8 heteroatoms. The van der Waals surface area contributed by atoms with Crippen molar-refractivity contribution in [1.29, 1.82) is 0 Å². The second kappa shape index (κ2) is 7.79. The molecule has 0 radical (unpaired) electrons. The summed E-state index contributed by atoms with van der Waals surface area (Å²) in [6.45, 7) is 3.48. The maximum Gasteiger partial charge on any atom is 0.275 e. The Balaban J connectivity index is 1.41. The lowest BCUT2D eigenvalue weighted by Crippen LogP contribution is -2.40. The molecule has 2 aromatic carbocycles. The molecule has 30 heavy (non-hydrogen) atoms. The van der Waals surface area contributed by atoms with Crippen molar-refractivity contribution < 1.29 is 19.1 Å². The van der Waals surface area contributed by atoms with Crippen LogP contribution in [0, 0.1) is 0 Å². The molecule has 0 atom stereocenters. The van der Waals surface area contributed by atoms with Gasteiger partial charge in [0.15, 0.2) is 5.69 Å². The van der Waals surface area contributed by atoms with Gasteiger partial charge in [0.05, 0.1) is 25.3 Å². The van der Waals surface area contributed by atoms with Crippen molar-refractivity contribution in [3.05, 3.63) is 59.3 Å². The van der Waals surface area contributed by atoms with Crippen LogP contribution in [0.15, 0.2) is 42.5 Å². The number of nitrogens with zero attached hydrogens (tertiary/aromatic N) is 3. The zero-order chi connectivity index (χ0) is 20.5. The SMILES string of the molecule is O=C(c1ccc2c(c1)CN(C(=O)c1n[nH]c3ccccc13)CCO2)N1CCOCC1. The highest BCUT2D eigenvalue weighted by atomic mass is 16.5. The Hall–Kier alpha value is -3.39. The molecular weight excluding hydrogens is 384 g/mol. The summed E-state index contributed by atoms with van der Waals surface area (Å²) in [5.41, 5.74) is 2.64. The molecule has 8 nitrogen and oxygen atoms in total. The lowest BCUT2D eigenvalue weighted by molar-refractivity contribution is 0.0303. The minimum atomic E-state index is -0.159. The number of para-hydroxylation sites is 1. The average Bonchev–Trinajstić information content (AvgIpc) is 3.11. The monoisotopic (exact) mass is 406 g/mol. The van der Waals surface area contributed by atoms with Gasteiger partial charge in [0.25, 0.3) is 11.8 Å². The third kappa shape index (κ3) is 3.39. The summed E-state index contributed by atoms with van der Waals surface area (Å²) < 4.78 is 11.2. The van der Waals surface area contributed by atoms with Crippen molar-refractivity contribution >= 4 is 22.7 Å². The zero-order valence-corrected chi connectivity index (χ0v) is 16.5. The van der Waals surface area contributed by atoms with Crippen LogP contribution in [0.2, 0.25) is 0 Å². The number of rotatable bonds is 2. The average molecular weight is 406 g/mol. The predicted molar refractivity (Wildman–Crippen MR) is 109 cm³/mol. The van der Waals surface area contributed by atoms with Gasteiger partial charge in [0, 0.05) is 36.1 Å². The number of morpholine rings is 1. The van der Waals surface area contributed by atoms with Gasteiger partial charge in [-0.25, -0.2) is 0 Å². The maximum atomic E-state index is 13.2. The van der Waals surface area contributed by atoms with E-state index in [1.807, 2.05) is 36.4 Å². The number of carbonyl (C=O) groups is 2. The van der Waals surface area contributed by atoms with E-state index >= 15 is 0 Å². The first-order valence-corrected chi connectivity index (χ1v) is 10.1. The molecule has 2 aliphatic heterocycles. The molecule has 1 N–H and O–H groups in total. The third-order valence-corrected chi connectivity index (χ3v) is 5.55. The normalized spacial score (nSPS) is 16.7. The van der Waals surface area contributed by atoms with Crippen LogP contribution in [0.25, 0.3) is 10.9 Å². The van der Waals surface area contributed by atoms with Crippen LogP contribution >= 0.6 is 0 Å². The molecule has 5 rings (SSSR count). The van der Waals surface area contributed by atoms with E-state index in [1.165, 1.54) is 0 Å². The fourth-order valence-electron chi connectivity index (χ4n) is 3.93. The molecule has 154 valence electrons. The van der Waals surface area contributed by atoms with E-state index < -0.39 is 0 Å². The van der Waals surface area contributed by atoms with Crippen molar-refractivity contribution in [2.24, 2.45) is 0 Å². The largest absolute Gasteiger partial charge is 0.491 e. The third-order valence-electron chi connectivity index (χ3n) is 5.55. The number of hydrogen-bond acceptors (Lipinski definition) is 5. The summed E-state index contributed by atoms with van der Waals surface area (Å²) in [6, 6.07) is 13.0. The number of fused-ring (bicyclic) bond motifs is 2. The number of aromatic nitrogens is 2. The minimum absolute atomic E-state index is 0.0264. The Morgan fingerprint density at radius 2 is 1.73 bits per heavy atom. The summed E-state index contributed by atoms with van der Waals surface area (Å²) >= 11 is 0. The highest BCUT2D eigenvalue weighted by Gasteiger charge is 2.26. The number of nitrogens with one attached hydrogen (secondary N) is 1. The molecule has 1 saturated heterocycles. The Labute approximate surface area is 173 Å². The van der Waals surface area contributed by atoms with Crippen LogP contribution in [0.5, 0.6) is 5.75 Å². The number of carbonyl (C=O) groups excluding carboxylic acids is 2. The standard InChI is InChI=1S/C22H22N4O4/c27-21(25-7-10-29-11-8-25)15-5-6-19-16(13-15)14-26(9-12-30-19)22(28)20-17-3-1-2-4-18(17)23-24-20/h1-6,13H,7-12,14H2,(H,23,24). The van der Waals surface area contributed by atoms with Crippen molar-refractivity contribution in [3.8, 4) is 5.75 Å². The number of benzene rings is 2. The molecule has 0 bridgehead atoms. The highest BCUT2D eigenvalue weighted by Crippen LogP contribution is 2.27. The lowest BCUT2D eigenvalue weighted by Gasteiger charge is -2.27. The Bertz CT molecular complexity index is 1100. The van der Waals surface area contributed by atoms with E-state index in [2.05, 4.69) is 10.2 Å². The van der Waals surface area contributed by atoms with Crippen LogP contribution < -0.4 is 4.74 Å². The molecule has 0 saturated carbocycles. The summed E-state index contributed by atoms with van der Waals surface area (Å²) in [6.07, 6.45) is 0. The van der Waals surface area contributed by atoms with Gasteiger partial charge < -0.3 is 19.3 Å². The van der Waals surface area contributed by atoms with Crippen molar-refractivity contribution in [3.63, 3.8) is 0 Å². The van der Waals surface area contributed by atoms with E-state index in [0.29, 0.717) is 63.0 Å². The summed E-state index contributed by atoms with van der Waals surface area (Å²) in [5, 5.41) is 7.94. The topological polar surface area (TPSA) is 87.8 Å². The van der Waals surface area contributed by atoms with Gasteiger partial charge in [0.1, 0.15) is 12.4 Å². The summed E-state index contributed by atoms with van der Waals surface area (Å²) in [4.78, 5) is 29.6. The van der Waals surface area contributed by atoms with Crippen molar-refractivity contribution in [2.45, 2.75) is 6.54 Å². The van der Waals surface area contributed by atoms with Gasteiger partial charge in [-0.3, -0.25) is 14.7 Å². The van der Waals surface area contributed by atoms with Gasteiger partial charge in [-0.1, -0.05) is 18.2 Å². The zero-order valence-electron chi connectivity index (χ0n) is 16.5. The molecule has 0 unspecified atom stereocenters. The van der Waals surface area contributed by atoms with Gasteiger partial charge in [0.2, 0.25) is 0 Å². The molecule has 0 spiro atoms. The number of aromatic amines is 1. The molecular formula is C22H22N4O4. The smallest absolute Gasteiger partial charge is 0.275 e. The van der Waals surface area contributed by atoms with Gasteiger partial charge in [-0.2, -0.15) is 5.10 Å². The first-order chi connectivity index (χ1) is 14.7. The minimum Gasteiger partial charge on any atom is -0.491 e. The number of ether oxygens (including phenoxy) is 2. The van der Waals surface area contributed by atoms with Crippen molar-refractivity contribution in [1.82, 2.24) is 20.0 Å². The fraction of sp³-hybridized carbons (Fsp3) is 0.318. The van der Waals surface area contributed by atoms with E-state index in [-0.39, 0.29) is 11.8 Å². The van der Waals surface area contributed by atoms with E-state index in [9.17, 15) is 9.59 Å². The Morgan fingerprint density at radius 1 is 0.933 bits per heavy atom. The highest BCUT2D eigenvalue weighted by molar-refractivity contribution is 6.04. The second-order valence-electron chi connectivity index (χ2n) is 7.42. The van der Waals surface area contributed by atoms with E-state index in [4.69, 9.17) is 9.47 Å². The van der Waals surface area contributed by atoms with Gasteiger partial charge in [-0.05, 0) is 24.3 Å². The van der Waals surface area contributed by atoms with Gasteiger partial charge >= 0.3 is 0 Å².